The summed E-state index contributed by atoms with van der Waals surface area (Å²) in [5, 5.41) is 8.37. The van der Waals surface area contributed by atoms with E-state index >= 15 is 0 Å². The van der Waals surface area contributed by atoms with Gasteiger partial charge in [-0.2, -0.15) is 0 Å². The Hall–Kier alpha value is 0.557. The Bertz CT molecular complexity index is 33.9. The molecular formula is C7H17LiO. The van der Waals surface area contributed by atoms with E-state index in [-0.39, 0.29) is 18.9 Å². The van der Waals surface area contributed by atoms with Crippen LogP contribution in [0, 0.1) is 0 Å². The Morgan fingerprint density at radius 2 is 1.56 bits per heavy atom. The topological polar surface area (TPSA) is 20.2 Å². The third kappa shape index (κ3) is 11.9. The molecule has 0 atom stereocenters. The van der Waals surface area contributed by atoms with Crippen LogP contribution in [0.15, 0.2) is 0 Å². The van der Waals surface area contributed by atoms with Crippen molar-refractivity contribution < 1.29 is 5.11 Å². The van der Waals surface area contributed by atoms with E-state index < -0.39 is 0 Å². The number of rotatable bonds is 5. The van der Waals surface area contributed by atoms with Crippen LogP contribution in [-0.2, 0) is 0 Å². The molecule has 0 bridgehead atoms. The van der Waals surface area contributed by atoms with Crippen molar-refractivity contribution in [2.45, 2.75) is 39.0 Å². The summed E-state index contributed by atoms with van der Waals surface area (Å²) in [6, 6.07) is 0. The molecule has 0 spiro atoms. The molecule has 9 heavy (non-hydrogen) atoms. The van der Waals surface area contributed by atoms with Crippen molar-refractivity contribution in [1.29, 1.82) is 0 Å². The molecule has 0 radical (unpaired) electrons. The molecule has 0 aromatic carbocycles. The molecule has 52 valence electrons. The van der Waals surface area contributed by atoms with E-state index in [1.54, 1.807) is 0 Å². The minimum absolute atomic E-state index is 0. The van der Waals surface area contributed by atoms with Gasteiger partial charge in [-0.3, -0.25) is 0 Å². The molecule has 0 rings (SSSR count). The van der Waals surface area contributed by atoms with Crippen molar-refractivity contribution in [3.05, 3.63) is 0 Å². The molecular weight excluding hydrogens is 107 g/mol. The van der Waals surface area contributed by atoms with Gasteiger partial charge in [0, 0.05) is 6.61 Å². The van der Waals surface area contributed by atoms with Gasteiger partial charge < -0.3 is 5.11 Å². The fourth-order valence-corrected chi connectivity index (χ4v) is 0.715. The molecule has 0 aliphatic carbocycles. The first-order chi connectivity index (χ1) is 3.91. The predicted octanol–water partition coefficient (Wildman–Crippen LogP) is 1.30. The van der Waals surface area contributed by atoms with Gasteiger partial charge >= 0.3 is 18.9 Å². The van der Waals surface area contributed by atoms with Gasteiger partial charge in [0.1, 0.15) is 0 Å². The van der Waals surface area contributed by atoms with Crippen molar-refractivity contribution in [2.24, 2.45) is 0 Å². The summed E-state index contributed by atoms with van der Waals surface area (Å²) in [7, 11) is 0. The summed E-state index contributed by atoms with van der Waals surface area (Å²) < 4.78 is 0. The number of hydrogen-bond acceptors (Lipinski definition) is 1. The second-order valence-electron chi connectivity index (χ2n) is 2.14. The van der Waals surface area contributed by atoms with Crippen LogP contribution in [0.5, 0.6) is 0 Å². The van der Waals surface area contributed by atoms with Gasteiger partial charge in [0.25, 0.3) is 0 Å². The Kier molecular flexibility index (Phi) is 15.5. The molecule has 0 unspecified atom stereocenters. The molecule has 0 heterocycles. The quantitative estimate of drug-likeness (QED) is 0.432. The summed E-state index contributed by atoms with van der Waals surface area (Å²) in [5.74, 6) is 0. The van der Waals surface area contributed by atoms with E-state index in [1.807, 2.05) is 0 Å². The van der Waals surface area contributed by atoms with Gasteiger partial charge in [-0.25, -0.2) is 0 Å². The van der Waals surface area contributed by atoms with E-state index in [0.717, 1.165) is 6.42 Å². The Morgan fingerprint density at radius 1 is 1.00 bits per heavy atom. The van der Waals surface area contributed by atoms with Crippen molar-refractivity contribution in [1.82, 2.24) is 0 Å². The normalized spacial score (nSPS) is 8.67. The third-order valence-corrected chi connectivity index (χ3v) is 1.26. The molecule has 0 aliphatic heterocycles. The fraction of sp³-hybridized carbons (Fsp3) is 1.00. The number of aliphatic hydroxyl groups is 1. The van der Waals surface area contributed by atoms with Crippen molar-refractivity contribution >= 4 is 18.9 Å². The molecule has 1 N–H and O–H groups in total. The third-order valence-electron chi connectivity index (χ3n) is 1.26. The van der Waals surface area contributed by atoms with Gasteiger partial charge in [-0.15, -0.1) is 0 Å². The molecule has 0 aromatic heterocycles. The van der Waals surface area contributed by atoms with Gasteiger partial charge in [0.2, 0.25) is 0 Å². The van der Waals surface area contributed by atoms with E-state index in [1.165, 1.54) is 25.7 Å². The SMILES string of the molecule is CCCCCCCO.[LiH]. The average Bonchev–Trinajstić information content (AvgIpc) is 1.81. The Balaban J connectivity index is 0. The zero-order valence-electron chi connectivity index (χ0n) is 5.69. The van der Waals surface area contributed by atoms with Crippen LogP contribution >= 0.6 is 0 Å². The summed E-state index contributed by atoms with van der Waals surface area (Å²) >= 11 is 0. The molecule has 0 amide bonds. The zero-order chi connectivity index (χ0) is 6.24. The molecule has 0 aliphatic rings. The molecule has 2 heteroatoms. The van der Waals surface area contributed by atoms with E-state index in [4.69, 9.17) is 5.11 Å². The Morgan fingerprint density at radius 3 is 2.00 bits per heavy atom. The number of unbranched alkanes of at least 4 members (excludes halogenated alkanes) is 4. The van der Waals surface area contributed by atoms with Crippen LogP contribution in [0.3, 0.4) is 0 Å². The fourth-order valence-electron chi connectivity index (χ4n) is 0.715. The van der Waals surface area contributed by atoms with Crippen LogP contribution < -0.4 is 0 Å². The summed E-state index contributed by atoms with van der Waals surface area (Å²) in [6.07, 6.45) is 6.08. The molecule has 0 saturated carbocycles. The molecule has 1 nitrogen and oxygen atoms in total. The number of aliphatic hydroxyl groups excluding tert-OH is 1. The minimum atomic E-state index is 0. The van der Waals surface area contributed by atoms with Crippen molar-refractivity contribution in [3.8, 4) is 0 Å². The molecule has 0 fully saturated rings. The first kappa shape index (κ1) is 12.3. The van der Waals surface area contributed by atoms with Gasteiger partial charge in [0.05, 0.1) is 0 Å². The van der Waals surface area contributed by atoms with Gasteiger partial charge in [-0.1, -0.05) is 32.6 Å². The monoisotopic (exact) mass is 124 g/mol. The summed E-state index contributed by atoms with van der Waals surface area (Å²) in [5.41, 5.74) is 0. The average molecular weight is 124 g/mol. The van der Waals surface area contributed by atoms with Gasteiger partial charge in [0.15, 0.2) is 0 Å². The number of hydrogen-bond donors (Lipinski definition) is 1. The first-order valence-corrected chi connectivity index (χ1v) is 3.52. The Labute approximate surface area is 70.0 Å². The van der Waals surface area contributed by atoms with Crippen molar-refractivity contribution in [3.63, 3.8) is 0 Å². The molecule has 0 aromatic rings. The summed E-state index contributed by atoms with van der Waals surface area (Å²) in [4.78, 5) is 0. The zero-order valence-corrected chi connectivity index (χ0v) is 5.69. The van der Waals surface area contributed by atoms with E-state index in [9.17, 15) is 0 Å². The standard InChI is InChI=1S/C7H16O.Li.H/c1-2-3-4-5-6-7-8;;/h8H,2-7H2,1H3;;. The van der Waals surface area contributed by atoms with Crippen molar-refractivity contribution in [2.75, 3.05) is 6.61 Å². The van der Waals surface area contributed by atoms with Gasteiger partial charge in [-0.05, 0) is 6.42 Å². The van der Waals surface area contributed by atoms with Crippen LogP contribution in [0.1, 0.15) is 39.0 Å². The van der Waals surface area contributed by atoms with Crippen LogP contribution in [-0.4, -0.2) is 30.6 Å². The van der Waals surface area contributed by atoms with E-state index in [0.29, 0.717) is 6.61 Å². The predicted molar refractivity (Wildman–Crippen MR) is 43.0 cm³/mol. The maximum atomic E-state index is 8.37. The first-order valence-electron chi connectivity index (χ1n) is 3.52. The van der Waals surface area contributed by atoms with Crippen LogP contribution in [0.2, 0.25) is 0 Å². The van der Waals surface area contributed by atoms with Crippen LogP contribution in [0.4, 0.5) is 0 Å². The maximum absolute atomic E-state index is 8.37. The van der Waals surface area contributed by atoms with Crippen LogP contribution in [0.25, 0.3) is 0 Å². The second-order valence-corrected chi connectivity index (χ2v) is 2.14. The summed E-state index contributed by atoms with van der Waals surface area (Å²) in [6.45, 7) is 2.56. The van der Waals surface area contributed by atoms with E-state index in [2.05, 4.69) is 6.92 Å². The molecule has 0 saturated heterocycles. The second kappa shape index (κ2) is 11.4.